The number of rotatable bonds is 5. The molecule has 122 valence electrons. The first kappa shape index (κ1) is 17.4. The molecule has 0 radical (unpaired) electrons. The fourth-order valence-corrected chi connectivity index (χ4v) is 2.90. The minimum atomic E-state index is -0.157. The van der Waals surface area contributed by atoms with E-state index in [0.29, 0.717) is 10.6 Å². The first-order valence-corrected chi connectivity index (χ1v) is 8.05. The predicted molar refractivity (Wildman–Crippen MR) is 94.4 cm³/mol. The molecule has 0 saturated heterocycles. The van der Waals surface area contributed by atoms with Crippen molar-refractivity contribution < 1.29 is 9.53 Å². The van der Waals surface area contributed by atoms with Crippen LogP contribution < -0.4 is 10.1 Å². The molecular weight excluding hydrogens is 310 g/mol. The van der Waals surface area contributed by atoms with Crippen molar-refractivity contribution in [2.24, 2.45) is 0 Å². The molecule has 2 aromatic carbocycles. The minimum absolute atomic E-state index is 0.0653. The van der Waals surface area contributed by atoms with Crippen LogP contribution in [0.5, 0.6) is 5.75 Å². The van der Waals surface area contributed by atoms with Gasteiger partial charge in [0.2, 0.25) is 0 Å². The number of methoxy groups -OCH3 is 1. The van der Waals surface area contributed by atoms with Crippen molar-refractivity contribution in [3.63, 3.8) is 0 Å². The maximum Gasteiger partial charge on any atom is 0.253 e. The number of halogens is 1. The largest absolute Gasteiger partial charge is 0.496 e. The Labute approximate surface area is 142 Å². The molecule has 0 heterocycles. The second-order valence-corrected chi connectivity index (χ2v) is 6.05. The van der Waals surface area contributed by atoms with Gasteiger partial charge in [-0.1, -0.05) is 36.7 Å². The molecule has 23 heavy (non-hydrogen) atoms. The van der Waals surface area contributed by atoms with Crippen molar-refractivity contribution in [1.29, 1.82) is 0 Å². The SMILES string of the molecule is CC[C@@H](NC(=O)c1ccc(C)cc1Cl)c1ccc(OC)c(C)c1. The molecule has 2 rings (SSSR count). The normalized spacial score (nSPS) is 11.9. The summed E-state index contributed by atoms with van der Waals surface area (Å²) in [7, 11) is 1.65. The van der Waals surface area contributed by atoms with Gasteiger partial charge in [-0.05, 0) is 55.2 Å². The highest BCUT2D eigenvalue weighted by atomic mass is 35.5. The van der Waals surface area contributed by atoms with Crippen LogP contribution in [0.2, 0.25) is 5.02 Å². The van der Waals surface area contributed by atoms with E-state index < -0.39 is 0 Å². The summed E-state index contributed by atoms with van der Waals surface area (Å²) in [4.78, 5) is 12.5. The van der Waals surface area contributed by atoms with Crippen molar-refractivity contribution >= 4 is 17.5 Å². The molecule has 1 atom stereocenters. The second-order valence-electron chi connectivity index (χ2n) is 5.65. The molecule has 0 aliphatic carbocycles. The Bertz CT molecular complexity index is 713. The summed E-state index contributed by atoms with van der Waals surface area (Å²) in [6, 6.07) is 11.3. The van der Waals surface area contributed by atoms with E-state index in [9.17, 15) is 4.79 Å². The monoisotopic (exact) mass is 331 g/mol. The van der Waals surface area contributed by atoms with Crippen molar-refractivity contribution in [3.05, 3.63) is 63.7 Å². The molecule has 0 aliphatic rings. The Kier molecular flexibility index (Phi) is 5.67. The standard InChI is InChI=1S/C19H22ClNO2/c1-5-17(14-7-9-18(23-4)13(3)11-14)21-19(22)15-8-6-12(2)10-16(15)20/h6-11,17H,5H2,1-4H3,(H,21,22)/t17-/m1/s1. The molecule has 0 bridgehead atoms. The summed E-state index contributed by atoms with van der Waals surface area (Å²) < 4.78 is 5.29. The zero-order valence-corrected chi connectivity index (χ0v) is 14.7. The van der Waals surface area contributed by atoms with Gasteiger partial charge in [0.25, 0.3) is 5.91 Å². The van der Waals surface area contributed by atoms with Gasteiger partial charge >= 0.3 is 0 Å². The van der Waals surface area contributed by atoms with Crippen molar-refractivity contribution in [2.45, 2.75) is 33.2 Å². The van der Waals surface area contributed by atoms with E-state index in [1.54, 1.807) is 19.2 Å². The zero-order chi connectivity index (χ0) is 17.0. The molecule has 0 fully saturated rings. The van der Waals surface area contributed by atoms with Crippen molar-refractivity contribution in [2.75, 3.05) is 7.11 Å². The quantitative estimate of drug-likeness (QED) is 0.850. The molecule has 0 saturated carbocycles. The first-order chi connectivity index (χ1) is 11.0. The lowest BCUT2D eigenvalue weighted by molar-refractivity contribution is 0.0935. The Morgan fingerprint density at radius 3 is 2.52 bits per heavy atom. The van der Waals surface area contributed by atoms with E-state index in [2.05, 4.69) is 5.32 Å². The molecule has 0 spiro atoms. The lowest BCUT2D eigenvalue weighted by Gasteiger charge is -2.19. The number of ether oxygens (including phenoxy) is 1. The summed E-state index contributed by atoms with van der Waals surface area (Å²) in [6.45, 7) is 5.98. The molecule has 2 aromatic rings. The van der Waals surface area contributed by atoms with Crippen LogP contribution in [0, 0.1) is 13.8 Å². The van der Waals surface area contributed by atoms with E-state index in [1.807, 2.05) is 45.0 Å². The summed E-state index contributed by atoms with van der Waals surface area (Å²) >= 11 is 6.18. The summed E-state index contributed by atoms with van der Waals surface area (Å²) in [5.41, 5.74) is 3.64. The number of amides is 1. The van der Waals surface area contributed by atoms with Gasteiger partial charge in [-0.15, -0.1) is 0 Å². The van der Waals surface area contributed by atoms with Crippen molar-refractivity contribution in [1.82, 2.24) is 5.32 Å². The molecular formula is C19H22ClNO2. The lowest BCUT2D eigenvalue weighted by Crippen LogP contribution is -2.28. The highest BCUT2D eigenvalue weighted by Crippen LogP contribution is 2.25. The number of hydrogen-bond acceptors (Lipinski definition) is 2. The van der Waals surface area contributed by atoms with Crippen LogP contribution in [-0.2, 0) is 0 Å². The predicted octanol–water partition coefficient (Wildman–Crippen LogP) is 4.85. The number of carbonyl (C=O) groups excluding carboxylic acids is 1. The van der Waals surface area contributed by atoms with Crippen LogP contribution >= 0.6 is 11.6 Å². The van der Waals surface area contributed by atoms with E-state index in [-0.39, 0.29) is 11.9 Å². The van der Waals surface area contributed by atoms with Gasteiger partial charge in [0, 0.05) is 0 Å². The fourth-order valence-electron chi connectivity index (χ4n) is 2.58. The van der Waals surface area contributed by atoms with E-state index in [4.69, 9.17) is 16.3 Å². The molecule has 0 unspecified atom stereocenters. The van der Waals surface area contributed by atoms with Gasteiger partial charge in [-0.2, -0.15) is 0 Å². The minimum Gasteiger partial charge on any atom is -0.496 e. The zero-order valence-electron chi connectivity index (χ0n) is 13.9. The highest BCUT2D eigenvalue weighted by Gasteiger charge is 2.17. The fraction of sp³-hybridized carbons (Fsp3) is 0.316. The summed E-state index contributed by atoms with van der Waals surface area (Å²) in [6.07, 6.45) is 0.793. The third-order valence-electron chi connectivity index (χ3n) is 3.90. The average Bonchev–Trinajstić information content (AvgIpc) is 2.52. The van der Waals surface area contributed by atoms with Gasteiger partial charge in [0.05, 0.1) is 23.7 Å². The van der Waals surface area contributed by atoms with Gasteiger partial charge in [0.15, 0.2) is 0 Å². The Morgan fingerprint density at radius 2 is 1.96 bits per heavy atom. The lowest BCUT2D eigenvalue weighted by atomic mass is 10.0. The topological polar surface area (TPSA) is 38.3 Å². The van der Waals surface area contributed by atoms with E-state index >= 15 is 0 Å². The van der Waals surface area contributed by atoms with Gasteiger partial charge in [-0.25, -0.2) is 0 Å². The van der Waals surface area contributed by atoms with Crippen LogP contribution in [0.4, 0.5) is 0 Å². The number of nitrogens with one attached hydrogen (secondary N) is 1. The smallest absolute Gasteiger partial charge is 0.253 e. The van der Waals surface area contributed by atoms with Crippen LogP contribution in [0.1, 0.15) is 46.4 Å². The molecule has 3 nitrogen and oxygen atoms in total. The average molecular weight is 332 g/mol. The summed E-state index contributed by atoms with van der Waals surface area (Å²) in [5.74, 6) is 0.687. The van der Waals surface area contributed by atoms with Crippen LogP contribution in [0.3, 0.4) is 0 Å². The van der Waals surface area contributed by atoms with Gasteiger partial charge < -0.3 is 10.1 Å². The third kappa shape index (κ3) is 4.05. The number of carbonyl (C=O) groups is 1. The molecule has 1 N–H and O–H groups in total. The second kappa shape index (κ2) is 7.51. The van der Waals surface area contributed by atoms with E-state index in [0.717, 1.165) is 28.9 Å². The highest BCUT2D eigenvalue weighted by molar-refractivity contribution is 6.33. The Balaban J connectivity index is 2.21. The molecule has 0 aromatic heterocycles. The van der Waals surface area contributed by atoms with Crippen LogP contribution in [-0.4, -0.2) is 13.0 Å². The van der Waals surface area contributed by atoms with E-state index in [1.165, 1.54) is 0 Å². The molecule has 0 aliphatic heterocycles. The first-order valence-electron chi connectivity index (χ1n) is 7.67. The Hall–Kier alpha value is -2.00. The number of aryl methyl sites for hydroxylation is 2. The Morgan fingerprint density at radius 1 is 1.22 bits per heavy atom. The number of benzene rings is 2. The maximum absolute atomic E-state index is 12.5. The van der Waals surface area contributed by atoms with Crippen molar-refractivity contribution in [3.8, 4) is 5.75 Å². The van der Waals surface area contributed by atoms with Crippen LogP contribution in [0.25, 0.3) is 0 Å². The van der Waals surface area contributed by atoms with Gasteiger partial charge in [-0.3, -0.25) is 4.79 Å². The maximum atomic E-state index is 12.5. The van der Waals surface area contributed by atoms with Crippen LogP contribution in [0.15, 0.2) is 36.4 Å². The number of hydrogen-bond donors (Lipinski definition) is 1. The molecule has 4 heteroatoms. The molecule has 1 amide bonds. The van der Waals surface area contributed by atoms with Gasteiger partial charge in [0.1, 0.15) is 5.75 Å². The third-order valence-corrected chi connectivity index (χ3v) is 4.22. The summed E-state index contributed by atoms with van der Waals surface area (Å²) in [5, 5.41) is 3.54.